The Bertz CT molecular complexity index is 989. The second-order valence-electron chi connectivity index (χ2n) is 10.4. The quantitative estimate of drug-likeness (QED) is 0.597. The van der Waals surface area contributed by atoms with Gasteiger partial charge < -0.3 is 9.73 Å². The van der Waals surface area contributed by atoms with Crippen LogP contribution in [0.3, 0.4) is 0 Å². The molecule has 1 aromatic carbocycles. The minimum absolute atomic E-state index is 0.274. The number of carbonyl (C=O) groups is 1. The van der Waals surface area contributed by atoms with Crippen molar-refractivity contribution >= 4 is 23.2 Å². The lowest BCUT2D eigenvalue weighted by Gasteiger charge is -2.59. The summed E-state index contributed by atoms with van der Waals surface area (Å²) in [5.41, 5.74) is 3.74. The number of thiocarbonyl (C=S) groups is 1. The van der Waals surface area contributed by atoms with Crippen LogP contribution in [0.5, 0.6) is 0 Å². The first-order valence-corrected chi connectivity index (χ1v) is 12.0. The molecule has 2 aromatic rings. The fourth-order valence-electron chi connectivity index (χ4n) is 6.77. The van der Waals surface area contributed by atoms with E-state index in [1.165, 1.54) is 49.7 Å². The summed E-state index contributed by atoms with van der Waals surface area (Å²) in [6.07, 6.45) is 8.20. The molecule has 4 fully saturated rings. The lowest BCUT2D eigenvalue weighted by molar-refractivity contribution is -0.0672. The number of hydrogen-bond donors (Lipinski definition) is 2. The van der Waals surface area contributed by atoms with Crippen molar-refractivity contribution in [3.05, 3.63) is 47.2 Å². The van der Waals surface area contributed by atoms with Crippen molar-refractivity contribution in [3.8, 4) is 11.3 Å². The largest absolute Gasteiger partial charge is 0.451 e. The molecule has 0 saturated heterocycles. The third-order valence-corrected chi connectivity index (χ3v) is 8.42. The third-order valence-electron chi connectivity index (χ3n) is 8.20. The lowest BCUT2D eigenvalue weighted by atomic mass is 9.48. The molecule has 1 aromatic heterocycles. The first kappa shape index (κ1) is 20.7. The number of benzene rings is 1. The molecule has 0 spiro atoms. The molecule has 6 rings (SSSR count). The van der Waals surface area contributed by atoms with E-state index < -0.39 is 0 Å². The van der Waals surface area contributed by atoms with Crippen LogP contribution in [0.15, 0.2) is 34.7 Å². The monoisotopic (exact) mass is 436 g/mol. The van der Waals surface area contributed by atoms with Gasteiger partial charge >= 0.3 is 0 Å². The highest BCUT2D eigenvalue weighted by atomic mass is 32.1. The molecule has 164 valence electrons. The highest BCUT2D eigenvalue weighted by Gasteiger charge is 2.53. The molecule has 2 N–H and O–H groups in total. The van der Waals surface area contributed by atoms with E-state index in [1.54, 1.807) is 6.07 Å². The van der Waals surface area contributed by atoms with Gasteiger partial charge in [0.25, 0.3) is 5.91 Å². The van der Waals surface area contributed by atoms with Gasteiger partial charge in [-0.25, -0.2) is 0 Å². The second kappa shape index (κ2) is 7.77. The highest BCUT2D eigenvalue weighted by Crippen LogP contribution is 2.61. The molecule has 4 aliphatic rings. The summed E-state index contributed by atoms with van der Waals surface area (Å²) in [6, 6.07) is 9.99. The summed E-state index contributed by atoms with van der Waals surface area (Å²) < 4.78 is 5.83. The maximum Gasteiger partial charge on any atom is 0.293 e. The number of aryl methyl sites for hydroxylation is 2. The van der Waals surface area contributed by atoms with E-state index in [0.29, 0.717) is 16.3 Å². The predicted molar refractivity (Wildman–Crippen MR) is 127 cm³/mol. The van der Waals surface area contributed by atoms with Gasteiger partial charge in [-0.15, -0.1) is 0 Å². The Labute approximate surface area is 190 Å². The zero-order chi connectivity index (χ0) is 21.8. The van der Waals surface area contributed by atoms with Crippen molar-refractivity contribution in [2.45, 2.75) is 65.3 Å². The van der Waals surface area contributed by atoms with Crippen molar-refractivity contribution in [1.29, 1.82) is 0 Å². The van der Waals surface area contributed by atoms with Gasteiger partial charge in [0.1, 0.15) is 5.76 Å². The minimum atomic E-state index is -0.301. The van der Waals surface area contributed by atoms with Crippen LogP contribution in [0.2, 0.25) is 0 Å². The van der Waals surface area contributed by atoms with Crippen molar-refractivity contribution < 1.29 is 9.21 Å². The highest BCUT2D eigenvalue weighted by molar-refractivity contribution is 7.80. The molecule has 4 bridgehead atoms. The molecule has 1 heterocycles. The second-order valence-corrected chi connectivity index (χ2v) is 10.8. The molecule has 5 heteroatoms. The van der Waals surface area contributed by atoms with Gasteiger partial charge in [0.05, 0.1) is 0 Å². The number of carbonyl (C=O) groups excluding carboxylic acids is 1. The van der Waals surface area contributed by atoms with Crippen LogP contribution in [0.4, 0.5) is 0 Å². The zero-order valence-corrected chi connectivity index (χ0v) is 19.5. The van der Waals surface area contributed by atoms with Gasteiger partial charge in [-0.1, -0.05) is 12.1 Å². The molecule has 4 aliphatic carbocycles. The maximum atomic E-state index is 12.7. The SMILES string of the molecule is Cc1ccc(-c2ccc(C(=O)NC(=S)N[C@@H](C)C34CC5CC(CC(C5)C3)C4)o2)cc1C. The Hall–Kier alpha value is -2.14. The van der Waals surface area contributed by atoms with E-state index in [4.69, 9.17) is 16.6 Å². The molecule has 0 radical (unpaired) electrons. The topological polar surface area (TPSA) is 54.3 Å². The van der Waals surface area contributed by atoms with Crippen molar-refractivity contribution in [1.82, 2.24) is 10.6 Å². The first-order chi connectivity index (χ1) is 14.8. The summed E-state index contributed by atoms with van der Waals surface area (Å²) >= 11 is 5.51. The summed E-state index contributed by atoms with van der Waals surface area (Å²) in [5, 5.41) is 6.68. The predicted octanol–water partition coefficient (Wildman–Crippen LogP) is 5.77. The lowest BCUT2D eigenvalue weighted by Crippen LogP contribution is -2.57. The standard InChI is InChI=1S/C26H32N2O2S/c1-15-4-5-21(8-16(15)2)22-6-7-23(30-22)24(29)28-25(31)27-17(3)26-12-18-9-19(13-26)11-20(10-18)14-26/h4-8,17-20H,9-14H2,1-3H3,(H2,27,28,29,31)/t17-,18?,19?,20?,26?/m0/s1. The fourth-order valence-corrected chi connectivity index (χ4v) is 7.04. The summed E-state index contributed by atoms with van der Waals surface area (Å²) in [4.78, 5) is 12.7. The van der Waals surface area contributed by atoms with E-state index in [2.05, 4.69) is 43.5 Å². The van der Waals surface area contributed by atoms with Gasteiger partial charge in [-0.2, -0.15) is 0 Å². The van der Waals surface area contributed by atoms with Gasteiger partial charge in [0.2, 0.25) is 0 Å². The average molecular weight is 437 g/mol. The molecular formula is C26H32N2O2S. The van der Waals surface area contributed by atoms with Gasteiger partial charge in [0, 0.05) is 11.6 Å². The van der Waals surface area contributed by atoms with E-state index in [9.17, 15) is 4.79 Å². The van der Waals surface area contributed by atoms with Crippen LogP contribution in [0.1, 0.15) is 67.1 Å². The summed E-state index contributed by atoms with van der Waals surface area (Å²) in [6.45, 7) is 6.40. The molecule has 1 amide bonds. The fraction of sp³-hybridized carbons (Fsp3) is 0.538. The molecular weight excluding hydrogens is 404 g/mol. The van der Waals surface area contributed by atoms with Crippen LogP contribution in [0.25, 0.3) is 11.3 Å². The van der Waals surface area contributed by atoms with Crippen LogP contribution in [0, 0.1) is 37.0 Å². The number of amides is 1. The Morgan fingerprint density at radius 3 is 2.29 bits per heavy atom. The molecule has 1 atom stereocenters. The van der Waals surface area contributed by atoms with Crippen LogP contribution < -0.4 is 10.6 Å². The molecule has 0 unspecified atom stereocenters. The third kappa shape index (κ3) is 3.93. The summed E-state index contributed by atoms with van der Waals surface area (Å²) in [7, 11) is 0. The van der Waals surface area contributed by atoms with Crippen LogP contribution >= 0.6 is 12.2 Å². The van der Waals surface area contributed by atoms with Crippen molar-refractivity contribution in [2.24, 2.45) is 23.2 Å². The minimum Gasteiger partial charge on any atom is -0.451 e. The number of nitrogens with one attached hydrogen (secondary N) is 2. The molecule has 4 nitrogen and oxygen atoms in total. The number of rotatable bonds is 4. The zero-order valence-electron chi connectivity index (χ0n) is 18.7. The van der Waals surface area contributed by atoms with Crippen LogP contribution in [-0.2, 0) is 0 Å². The van der Waals surface area contributed by atoms with Gasteiger partial charge in [0.15, 0.2) is 10.9 Å². The molecule has 31 heavy (non-hydrogen) atoms. The number of furan rings is 1. The number of hydrogen-bond acceptors (Lipinski definition) is 3. The Balaban J connectivity index is 1.21. The smallest absolute Gasteiger partial charge is 0.293 e. The maximum absolute atomic E-state index is 12.7. The van der Waals surface area contributed by atoms with Crippen LogP contribution in [-0.4, -0.2) is 17.1 Å². The van der Waals surface area contributed by atoms with E-state index in [-0.39, 0.29) is 17.7 Å². The van der Waals surface area contributed by atoms with E-state index in [1.807, 2.05) is 12.1 Å². The molecule has 4 saturated carbocycles. The van der Waals surface area contributed by atoms with Gasteiger partial charge in [-0.05, 0) is 124 Å². The normalized spacial score (nSPS) is 29.6. The average Bonchev–Trinajstić information content (AvgIpc) is 3.19. The first-order valence-electron chi connectivity index (χ1n) is 11.6. The van der Waals surface area contributed by atoms with E-state index >= 15 is 0 Å². The van der Waals surface area contributed by atoms with Gasteiger partial charge in [-0.3, -0.25) is 10.1 Å². The van der Waals surface area contributed by atoms with Crippen molar-refractivity contribution in [2.75, 3.05) is 0 Å². The Kier molecular flexibility index (Phi) is 5.20. The van der Waals surface area contributed by atoms with E-state index in [0.717, 1.165) is 23.3 Å². The Morgan fingerprint density at radius 1 is 1.03 bits per heavy atom. The summed E-state index contributed by atoms with van der Waals surface area (Å²) in [5.74, 6) is 3.35. The molecule has 0 aliphatic heterocycles. The Morgan fingerprint density at radius 2 is 1.68 bits per heavy atom. The van der Waals surface area contributed by atoms with Crippen molar-refractivity contribution in [3.63, 3.8) is 0 Å².